The van der Waals surface area contributed by atoms with E-state index in [2.05, 4.69) is 65.6 Å². The van der Waals surface area contributed by atoms with Gasteiger partial charge in [0.2, 0.25) is 0 Å². The van der Waals surface area contributed by atoms with Gasteiger partial charge in [-0.3, -0.25) is 4.79 Å². The summed E-state index contributed by atoms with van der Waals surface area (Å²) in [6.45, 7) is 3.23. The molecule has 0 aromatic heterocycles. The number of urea groups is 1. The molecule has 0 spiro atoms. The van der Waals surface area contributed by atoms with Crippen LogP contribution in [0, 0.1) is 15.9 Å². The van der Waals surface area contributed by atoms with Crippen LogP contribution in [0.4, 0.5) is 4.79 Å². The smallest absolute Gasteiger partial charge is 0.338 e. The molecule has 0 radical (unpaired) electrons. The molecule has 2 aromatic carbocycles. The summed E-state index contributed by atoms with van der Waals surface area (Å²) in [5.41, 5.74) is 4.23. The number of esters is 1. The number of ether oxygens (including phenoxy) is 4. The maximum Gasteiger partial charge on any atom is 0.338 e. The molecule has 3 amide bonds. The molecule has 1 heterocycles. The van der Waals surface area contributed by atoms with Gasteiger partial charge in [0.15, 0.2) is 18.1 Å². The summed E-state index contributed by atoms with van der Waals surface area (Å²) < 4.78 is 23.4. The van der Waals surface area contributed by atoms with Crippen LogP contribution in [0.15, 0.2) is 51.2 Å². The van der Waals surface area contributed by atoms with E-state index in [-0.39, 0.29) is 31.1 Å². The quantitative estimate of drug-likeness (QED) is 0.106. The Bertz CT molecular complexity index is 1400. The van der Waals surface area contributed by atoms with E-state index in [9.17, 15) is 14.4 Å². The minimum Gasteiger partial charge on any atom is -0.493 e. The van der Waals surface area contributed by atoms with E-state index in [4.69, 9.17) is 25.4 Å². The Hall–Kier alpha value is -3.77. The Morgan fingerprint density at radius 1 is 1.25 bits per heavy atom. The molecule has 0 fully saturated rings. The number of hydrazone groups is 1. The molecule has 3 N–H and O–H groups in total. The third-order valence-electron chi connectivity index (χ3n) is 5.37. The second-order valence-corrected chi connectivity index (χ2v) is 10.2. The van der Waals surface area contributed by atoms with Crippen molar-refractivity contribution in [3.8, 4) is 29.6 Å². The number of benzene rings is 2. The maximum absolute atomic E-state index is 12.6. The van der Waals surface area contributed by atoms with Gasteiger partial charge in [0, 0.05) is 15.7 Å². The lowest BCUT2D eigenvalue weighted by Gasteiger charge is -2.28. The zero-order valence-electron chi connectivity index (χ0n) is 21.8. The lowest BCUT2D eigenvalue weighted by molar-refractivity contribution is -0.139. The van der Waals surface area contributed by atoms with Crippen LogP contribution in [0.25, 0.3) is 0 Å². The molecule has 1 aliphatic rings. The van der Waals surface area contributed by atoms with Crippen molar-refractivity contribution < 1.29 is 33.3 Å². The first-order chi connectivity index (χ1) is 19.2. The largest absolute Gasteiger partial charge is 0.493 e. The molecule has 3 rings (SSSR count). The molecule has 40 heavy (non-hydrogen) atoms. The minimum atomic E-state index is -0.774. The fraction of sp³-hybridized carbons (Fsp3) is 0.259. The SMILES string of the molecule is C#CCOc1c(I)cc(Br)cc1/C=N/NC(=O)COc1ccc([C@H]2NC(=O)NC(C)=C2C(=O)OCC)cc1OC. The fourth-order valence-electron chi connectivity index (χ4n) is 3.70. The van der Waals surface area contributed by atoms with Crippen LogP contribution < -0.4 is 30.3 Å². The second kappa shape index (κ2) is 14.6. The van der Waals surface area contributed by atoms with Gasteiger partial charge in [0.1, 0.15) is 12.4 Å². The maximum atomic E-state index is 12.6. The predicted molar refractivity (Wildman–Crippen MR) is 159 cm³/mol. The van der Waals surface area contributed by atoms with E-state index >= 15 is 0 Å². The highest BCUT2D eigenvalue weighted by molar-refractivity contribution is 14.1. The number of hydrogen-bond acceptors (Lipinski definition) is 8. The minimum absolute atomic E-state index is 0.0866. The molecule has 13 heteroatoms. The van der Waals surface area contributed by atoms with Gasteiger partial charge in [-0.1, -0.05) is 27.9 Å². The first-order valence-corrected chi connectivity index (χ1v) is 13.7. The van der Waals surface area contributed by atoms with Crippen molar-refractivity contribution in [2.24, 2.45) is 5.10 Å². The second-order valence-electron chi connectivity index (χ2n) is 8.08. The van der Waals surface area contributed by atoms with Gasteiger partial charge in [-0.15, -0.1) is 6.42 Å². The molecule has 0 saturated carbocycles. The average molecular weight is 725 g/mol. The number of rotatable bonds is 11. The summed E-state index contributed by atoms with van der Waals surface area (Å²) in [5, 5.41) is 9.30. The Balaban J connectivity index is 1.70. The van der Waals surface area contributed by atoms with Crippen molar-refractivity contribution in [1.29, 1.82) is 0 Å². The molecular weight excluding hydrogens is 699 g/mol. The van der Waals surface area contributed by atoms with Gasteiger partial charge < -0.3 is 29.6 Å². The number of methoxy groups -OCH3 is 1. The van der Waals surface area contributed by atoms with Crippen molar-refractivity contribution >= 4 is 62.6 Å². The van der Waals surface area contributed by atoms with E-state index in [1.54, 1.807) is 38.1 Å². The monoisotopic (exact) mass is 724 g/mol. The zero-order chi connectivity index (χ0) is 29.2. The first kappa shape index (κ1) is 30.8. The van der Waals surface area contributed by atoms with Crippen LogP contribution in [0.2, 0.25) is 0 Å². The number of nitrogens with zero attached hydrogens (tertiary/aromatic N) is 1. The summed E-state index contributed by atoms with van der Waals surface area (Å²) in [6.07, 6.45) is 6.74. The van der Waals surface area contributed by atoms with Gasteiger partial charge in [-0.2, -0.15) is 5.10 Å². The highest BCUT2D eigenvalue weighted by atomic mass is 127. The Kier molecular flexibility index (Phi) is 11.2. The van der Waals surface area contributed by atoms with Gasteiger partial charge in [0.05, 0.1) is 35.1 Å². The van der Waals surface area contributed by atoms with Crippen molar-refractivity contribution in [2.75, 3.05) is 26.9 Å². The lowest BCUT2D eigenvalue weighted by atomic mass is 9.95. The number of hydrogen-bond donors (Lipinski definition) is 3. The molecule has 0 bridgehead atoms. The Labute approximate surface area is 253 Å². The summed E-state index contributed by atoms with van der Waals surface area (Å²) in [6, 6.07) is 7.26. The van der Waals surface area contributed by atoms with E-state index in [1.807, 2.05) is 6.07 Å². The number of carbonyl (C=O) groups is 3. The van der Waals surface area contributed by atoms with E-state index in [0.717, 1.165) is 8.04 Å². The van der Waals surface area contributed by atoms with Crippen LogP contribution in [0.3, 0.4) is 0 Å². The number of halogens is 2. The summed E-state index contributed by atoms with van der Waals surface area (Å²) >= 11 is 5.54. The van der Waals surface area contributed by atoms with E-state index in [1.165, 1.54) is 13.3 Å². The van der Waals surface area contributed by atoms with Gasteiger partial charge >= 0.3 is 12.0 Å². The third kappa shape index (κ3) is 7.89. The molecule has 1 aliphatic heterocycles. The van der Waals surface area contributed by atoms with Crippen molar-refractivity contribution in [3.05, 3.63) is 60.8 Å². The molecule has 0 aliphatic carbocycles. The Morgan fingerprint density at radius 2 is 2.02 bits per heavy atom. The molecule has 1 atom stereocenters. The summed E-state index contributed by atoms with van der Waals surface area (Å²) in [4.78, 5) is 37.1. The van der Waals surface area contributed by atoms with Crippen LogP contribution in [0.1, 0.15) is 31.0 Å². The third-order valence-corrected chi connectivity index (χ3v) is 6.63. The summed E-state index contributed by atoms with van der Waals surface area (Å²) in [7, 11) is 1.43. The molecular formula is C27H26BrIN4O7. The molecule has 210 valence electrons. The van der Waals surface area contributed by atoms with Crippen LogP contribution in [-0.4, -0.2) is 51.1 Å². The van der Waals surface area contributed by atoms with Gasteiger partial charge in [0.25, 0.3) is 5.91 Å². The van der Waals surface area contributed by atoms with Crippen LogP contribution in [0.5, 0.6) is 17.2 Å². The number of amides is 3. The molecule has 2 aromatic rings. The number of carbonyl (C=O) groups excluding carboxylic acids is 3. The number of nitrogens with one attached hydrogen (secondary N) is 3. The van der Waals surface area contributed by atoms with Crippen LogP contribution in [-0.2, 0) is 14.3 Å². The molecule has 0 saturated heterocycles. The van der Waals surface area contributed by atoms with Gasteiger partial charge in [-0.05, 0) is 66.3 Å². The van der Waals surface area contributed by atoms with Crippen molar-refractivity contribution in [2.45, 2.75) is 19.9 Å². The average Bonchev–Trinajstić information content (AvgIpc) is 2.91. The zero-order valence-corrected chi connectivity index (χ0v) is 25.5. The van der Waals surface area contributed by atoms with E-state index < -0.39 is 23.9 Å². The number of terminal acetylenes is 1. The first-order valence-electron chi connectivity index (χ1n) is 11.8. The van der Waals surface area contributed by atoms with Crippen molar-refractivity contribution in [1.82, 2.24) is 16.1 Å². The molecule has 11 nitrogen and oxygen atoms in total. The highest BCUT2D eigenvalue weighted by Gasteiger charge is 2.32. The predicted octanol–water partition coefficient (Wildman–Crippen LogP) is 3.79. The summed E-state index contributed by atoms with van der Waals surface area (Å²) in [5.74, 6) is 2.45. The van der Waals surface area contributed by atoms with Gasteiger partial charge in [-0.25, -0.2) is 15.0 Å². The highest BCUT2D eigenvalue weighted by Crippen LogP contribution is 2.34. The van der Waals surface area contributed by atoms with E-state index in [0.29, 0.717) is 28.3 Å². The van der Waals surface area contributed by atoms with Crippen molar-refractivity contribution in [3.63, 3.8) is 0 Å². The van der Waals surface area contributed by atoms with Crippen LogP contribution >= 0.6 is 38.5 Å². The lowest BCUT2D eigenvalue weighted by Crippen LogP contribution is -2.45. The Morgan fingerprint density at radius 3 is 2.73 bits per heavy atom. The standard InChI is InChI=1S/C27H26BrIN4O7/c1-5-9-39-25-17(10-18(28)12-19(25)29)13-30-33-22(34)14-40-20-8-7-16(11-21(20)37-4)24-23(26(35)38-6-2)15(3)31-27(36)32-24/h1,7-8,10-13,24H,6,9,14H2,2-4H3,(H,33,34)(H2,31,32,36)/b30-13+/t24-/m1/s1. The fourth-order valence-corrected chi connectivity index (χ4v) is 5.40. The molecule has 0 unspecified atom stereocenters. The number of allylic oxidation sites excluding steroid dienone is 1. The normalized spacial score (nSPS) is 14.6. The topological polar surface area (TPSA) is 137 Å².